The van der Waals surface area contributed by atoms with Gasteiger partial charge in [-0.15, -0.1) is 0 Å². The van der Waals surface area contributed by atoms with Crippen LogP contribution >= 0.6 is 0 Å². The average molecular weight is 816 g/mol. The molecule has 1 spiro atoms. The molecule has 0 unspecified atom stereocenters. The van der Waals surface area contributed by atoms with Crippen molar-refractivity contribution >= 4 is 60.9 Å². The lowest BCUT2D eigenvalue weighted by Gasteiger charge is -2.32. The second-order valence-corrected chi connectivity index (χ2v) is 17.1. The zero-order valence-corrected chi connectivity index (χ0v) is 34.6. The van der Waals surface area contributed by atoms with Crippen molar-refractivity contribution in [1.82, 2.24) is 0 Å². The van der Waals surface area contributed by atoms with Crippen molar-refractivity contribution in [2.45, 2.75) is 5.41 Å². The number of para-hydroxylation sites is 2. The standard InChI is InChI=1S/C61H37NO2/c1-2-13-39(14-3-1)44-19-12-20-50-51-35-40(27-33-59(51)64-60(44)50)38-25-28-41(29-26-38)62(42-31-34-58-52(36-42)49-18-7-11-24-57(49)63-58)43-30-32-48-47-17-6-10-23-55(47)61(56(48)37-43)53-21-8-4-15-45(53)46-16-5-9-22-54(46)61/h1-37H. The van der Waals surface area contributed by atoms with Gasteiger partial charge in [0, 0.05) is 44.2 Å². The first-order valence-electron chi connectivity index (χ1n) is 22.0. The van der Waals surface area contributed by atoms with Crippen LogP contribution in [0.3, 0.4) is 0 Å². The second-order valence-electron chi connectivity index (χ2n) is 17.1. The number of fused-ring (bicyclic) bond motifs is 16. The molecule has 0 bridgehead atoms. The molecule has 0 amide bonds. The van der Waals surface area contributed by atoms with E-state index in [2.05, 4.69) is 211 Å². The Labute approximate surface area is 369 Å². The highest BCUT2D eigenvalue weighted by atomic mass is 16.3. The maximum Gasteiger partial charge on any atom is 0.143 e. The van der Waals surface area contributed by atoms with Crippen molar-refractivity contribution in [2.24, 2.45) is 0 Å². The van der Waals surface area contributed by atoms with Crippen LogP contribution in [-0.4, -0.2) is 0 Å². The monoisotopic (exact) mass is 815 g/mol. The number of hydrogen-bond donors (Lipinski definition) is 0. The molecule has 2 aliphatic carbocycles. The largest absolute Gasteiger partial charge is 0.456 e. The molecule has 2 aliphatic rings. The molecule has 2 aromatic heterocycles. The molecule has 14 rings (SSSR count). The number of nitrogens with zero attached hydrogens (tertiary/aromatic N) is 1. The van der Waals surface area contributed by atoms with E-state index in [0.29, 0.717) is 0 Å². The van der Waals surface area contributed by atoms with E-state index in [1.54, 1.807) is 0 Å². The molecule has 0 atom stereocenters. The highest BCUT2D eigenvalue weighted by Gasteiger charge is 2.51. The zero-order valence-electron chi connectivity index (χ0n) is 34.6. The Bertz CT molecular complexity index is 3790. The summed E-state index contributed by atoms with van der Waals surface area (Å²) in [5.41, 5.74) is 21.3. The van der Waals surface area contributed by atoms with Crippen LogP contribution in [0.1, 0.15) is 22.3 Å². The number of furan rings is 2. The predicted octanol–water partition coefficient (Wildman–Crippen LogP) is 16.6. The molecule has 0 N–H and O–H groups in total. The molecule has 0 fully saturated rings. The van der Waals surface area contributed by atoms with E-state index in [4.69, 9.17) is 8.83 Å². The lowest BCUT2D eigenvalue weighted by Crippen LogP contribution is -2.26. The molecule has 10 aromatic carbocycles. The minimum atomic E-state index is -0.451. The molecular weight excluding hydrogens is 779 g/mol. The third-order valence-electron chi connectivity index (χ3n) is 13.9. The van der Waals surface area contributed by atoms with E-state index in [9.17, 15) is 0 Å². The highest BCUT2D eigenvalue weighted by Crippen LogP contribution is 2.63. The minimum absolute atomic E-state index is 0.451. The second kappa shape index (κ2) is 13.3. The maximum atomic E-state index is 6.54. The molecule has 0 aliphatic heterocycles. The Balaban J connectivity index is 0.944. The van der Waals surface area contributed by atoms with Crippen molar-refractivity contribution in [2.75, 3.05) is 4.90 Å². The number of anilines is 3. The Morgan fingerprint density at radius 3 is 1.55 bits per heavy atom. The average Bonchev–Trinajstić information content (AvgIpc) is 4.09. The first-order chi connectivity index (χ1) is 31.7. The van der Waals surface area contributed by atoms with Gasteiger partial charge in [0.15, 0.2) is 0 Å². The molecule has 298 valence electrons. The van der Waals surface area contributed by atoms with Gasteiger partial charge in [-0.05, 0) is 122 Å². The van der Waals surface area contributed by atoms with Crippen LogP contribution in [0.15, 0.2) is 233 Å². The van der Waals surface area contributed by atoms with Crippen molar-refractivity contribution in [3.63, 3.8) is 0 Å². The summed E-state index contributed by atoms with van der Waals surface area (Å²) >= 11 is 0. The van der Waals surface area contributed by atoms with Gasteiger partial charge in [-0.3, -0.25) is 0 Å². The normalized spacial score (nSPS) is 13.1. The van der Waals surface area contributed by atoms with Gasteiger partial charge in [-0.1, -0.05) is 164 Å². The molecule has 0 saturated heterocycles. The van der Waals surface area contributed by atoms with Crippen LogP contribution in [0.5, 0.6) is 0 Å². The van der Waals surface area contributed by atoms with Gasteiger partial charge in [0.1, 0.15) is 22.3 Å². The first kappa shape index (κ1) is 35.2. The van der Waals surface area contributed by atoms with Crippen LogP contribution in [0.25, 0.3) is 88.4 Å². The molecule has 3 nitrogen and oxygen atoms in total. The summed E-state index contributed by atoms with van der Waals surface area (Å²) in [4.78, 5) is 2.41. The van der Waals surface area contributed by atoms with Crippen LogP contribution < -0.4 is 4.90 Å². The quantitative estimate of drug-likeness (QED) is 0.173. The fourth-order valence-electron chi connectivity index (χ4n) is 11.1. The van der Waals surface area contributed by atoms with Crippen molar-refractivity contribution in [1.29, 1.82) is 0 Å². The predicted molar refractivity (Wildman–Crippen MR) is 263 cm³/mol. The van der Waals surface area contributed by atoms with Gasteiger partial charge in [0.2, 0.25) is 0 Å². The van der Waals surface area contributed by atoms with Gasteiger partial charge < -0.3 is 13.7 Å². The van der Waals surface area contributed by atoms with Gasteiger partial charge in [0.05, 0.1) is 5.41 Å². The number of benzene rings is 10. The van der Waals surface area contributed by atoms with E-state index < -0.39 is 5.41 Å². The summed E-state index contributed by atoms with van der Waals surface area (Å²) in [6.07, 6.45) is 0. The molecule has 0 saturated carbocycles. The van der Waals surface area contributed by atoms with Crippen molar-refractivity contribution in [3.05, 3.63) is 247 Å². The zero-order chi connectivity index (χ0) is 41.9. The van der Waals surface area contributed by atoms with Crippen molar-refractivity contribution in [3.8, 4) is 44.5 Å². The third kappa shape index (κ3) is 4.86. The smallest absolute Gasteiger partial charge is 0.143 e. The summed E-state index contributed by atoms with van der Waals surface area (Å²) in [7, 11) is 0. The van der Waals surface area contributed by atoms with Gasteiger partial charge in [-0.2, -0.15) is 0 Å². The summed E-state index contributed by atoms with van der Waals surface area (Å²) in [5.74, 6) is 0. The lowest BCUT2D eigenvalue weighted by atomic mass is 9.70. The van der Waals surface area contributed by atoms with Crippen LogP contribution in [0, 0.1) is 0 Å². The Kier molecular flexibility index (Phi) is 7.32. The number of hydrogen-bond acceptors (Lipinski definition) is 3. The summed E-state index contributed by atoms with van der Waals surface area (Å²) in [6.45, 7) is 0. The van der Waals surface area contributed by atoms with E-state index >= 15 is 0 Å². The summed E-state index contributed by atoms with van der Waals surface area (Å²) in [6, 6.07) is 81.5. The summed E-state index contributed by atoms with van der Waals surface area (Å²) < 4.78 is 12.9. The van der Waals surface area contributed by atoms with E-state index in [-0.39, 0.29) is 0 Å². The molecular formula is C61H37NO2. The van der Waals surface area contributed by atoms with E-state index in [1.165, 1.54) is 44.5 Å². The van der Waals surface area contributed by atoms with Gasteiger partial charge in [-0.25, -0.2) is 0 Å². The minimum Gasteiger partial charge on any atom is -0.456 e. The van der Waals surface area contributed by atoms with Gasteiger partial charge >= 0.3 is 0 Å². The van der Waals surface area contributed by atoms with E-state index in [0.717, 1.165) is 83.2 Å². The fraction of sp³-hybridized carbons (Fsp3) is 0.0164. The molecule has 64 heavy (non-hydrogen) atoms. The molecule has 3 heteroatoms. The Morgan fingerprint density at radius 1 is 0.281 bits per heavy atom. The Hall–Kier alpha value is -8.40. The summed E-state index contributed by atoms with van der Waals surface area (Å²) in [5, 5.41) is 4.43. The first-order valence-corrected chi connectivity index (χ1v) is 22.0. The van der Waals surface area contributed by atoms with Crippen LogP contribution in [0.4, 0.5) is 17.1 Å². The van der Waals surface area contributed by atoms with Crippen molar-refractivity contribution < 1.29 is 8.83 Å². The maximum absolute atomic E-state index is 6.54. The molecule has 0 radical (unpaired) electrons. The topological polar surface area (TPSA) is 29.5 Å². The third-order valence-corrected chi connectivity index (χ3v) is 13.9. The van der Waals surface area contributed by atoms with E-state index in [1.807, 2.05) is 18.2 Å². The SMILES string of the molecule is c1ccc(-c2cccc3c2oc2ccc(-c4ccc(N(c5ccc6c(c5)C5(c7ccccc7-c7ccccc75)c5ccccc5-6)c5ccc6oc7ccccc7c6c5)cc4)cc23)cc1. The highest BCUT2D eigenvalue weighted by molar-refractivity contribution is 6.11. The fourth-order valence-corrected chi connectivity index (χ4v) is 11.1. The Morgan fingerprint density at radius 2 is 0.797 bits per heavy atom. The van der Waals surface area contributed by atoms with Crippen LogP contribution in [-0.2, 0) is 5.41 Å². The van der Waals surface area contributed by atoms with Crippen LogP contribution in [0.2, 0.25) is 0 Å². The molecule has 2 heterocycles. The van der Waals surface area contributed by atoms with Gasteiger partial charge in [0.25, 0.3) is 0 Å². The molecule has 12 aromatic rings. The number of rotatable bonds is 5. The lowest BCUT2D eigenvalue weighted by molar-refractivity contribution is 0.669.